The van der Waals surface area contributed by atoms with Gasteiger partial charge in [0.2, 0.25) is 0 Å². The fraction of sp³-hybridized carbons (Fsp3) is 0.667. The van der Waals surface area contributed by atoms with E-state index in [1.165, 1.54) is 49.2 Å². The van der Waals surface area contributed by atoms with Gasteiger partial charge >= 0.3 is 0 Å². The van der Waals surface area contributed by atoms with Gasteiger partial charge in [-0.15, -0.1) is 0 Å². The topological polar surface area (TPSA) is 15.3 Å². The van der Waals surface area contributed by atoms with Gasteiger partial charge in [-0.2, -0.15) is 0 Å². The van der Waals surface area contributed by atoms with Gasteiger partial charge in [-0.1, -0.05) is 36.2 Å². The summed E-state index contributed by atoms with van der Waals surface area (Å²) in [5.74, 6) is 0.924. The first-order chi connectivity index (χ1) is 9.54. The van der Waals surface area contributed by atoms with Crippen molar-refractivity contribution in [2.45, 2.75) is 46.6 Å². The highest BCUT2D eigenvalue weighted by atomic mass is 15.1. The summed E-state index contributed by atoms with van der Waals surface area (Å²) in [6, 6.07) is 7.28. The molecule has 1 atom stereocenters. The lowest BCUT2D eigenvalue weighted by atomic mass is 9.99. The summed E-state index contributed by atoms with van der Waals surface area (Å²) in [4.78, 5) is 2.60. The van der Waals surface area contributed by atoms with Gasteiger partial charge in [0.1, 0.15) is 0 Å². The first-order valence-electron chi connectivity index (χ1n) is 8.08. The van der Waals surface area contributed by atoms with Gasteiger partial charge in [0, 0.05) is 19.1 Å². The first kappa shape index (κ1) is 15.5. The molecule has 0 spiro atoms. The average molecular weight is 274 g/mol. The number of hydrogen-bond donors (Lipinski definition) is 1. The molecule has 1 unspecified atom stereocenters. The van der Waals surface area contributed by atoms with E-state index in [0.29, 0.717) is 6.04 Å². The molecule has 2 heteroatoms. The van der Waals surface area contributed by atoms with Gasteiger partial charge in [0.05, 0.1) is 0 Å². The molecule has 0 amide bonds. The molecule has 2 rings (SSSR count). The summed E-state index contributed by atoms with van der Waals surface area (Å²) in [6.07, 6.45) is 2.74. The number of aryl methyl sites for hydroxylation is 2. The van der Waals surface area contributed by atoms with Gasteiger partial charge in [0.25, 0.3) is 0 Å². The minimum atomic E-state index is 0.442. The van der Waals surface area contributed by atoms with Crippen LogP contribution in [0.5, 0.6) is 0 Å². The van der Waals surface area contributed by atoms with Gasteiger partial charge in [-0.25, -0.2) is 0 Å². The molecule has 0 aliphatic carbocycles. The Morgan fingerprint density at radius 1 is 1.15 bits per heavy atom. The van der Waals surface area contributed by atoms with Gasteiger partial charge < -0.3 is 10.2 Å². The Kier molecular flexibility index (Phi) is 5.62. The fourth-order valence-corrected chi connectivity index (χ4v) is 3.10. The Balaban J connectivity index is 1.76. The molecule has 1 N–H and O–H groups in total. The molecule has 0 aromatic heterocycles. The Morgan fingerprint density at radius 2 is 1.75 bits per heavy atom. The van der Waals surface area contributed by atoms with Gasteiger partial charge in [-0.3, -0.25) is 0 Å². The highest BCUT2D eigenvalue weighted by molar-refractivity contribution is 5.30. The third kappa shape index (κ3) is 4.60. The van der Waals surface area contributed by atoms with Crippen molar-refractivity contribution in [3.63, 3.8) is 0 Å². The quantitative estimate of drug-likeness (QED) is 0.881. The van der Waals surface area contributed by atoms with Crippen LogP contribution >= 0.6 is 0 Å². The summed E-state index contributed by atoms with van der Waals surface area (Å²) >= 11 is 0. The molecule has 1 heterocycles. The van der Waals surface area contributed by atoms with Crippen molar-refractivity contribution in [2.75, 3.05) is 26.2 Å². The number of hydrogen-bond acceptors (Lipinski definition) is 2. The lowest BCUT2D eigenvalue weighted by molar-refractivity contribution is 0.191. The van der Waals surface area contributed by atoms with Gasteiger partial charge in [-0.05, 0) is 58.2 Å². The third-order valence-electron chi connectivity index (χ3n) is 4.50. The Hall–Kier alpha value is -0.860. The van der Waals surface area contributed by atoms with Crippen LogP contribution in [0.4, 0.5) is 0 Å². The lowest BCUT2D eigenvalue weighted by Crippen LogP contribution is -2.38. The zero-order chi connectivity index (χ0) is 14.5. The van der Waals surface area contributed by atoms with E-state index in [1.54, 1.807) is 0 Å². The van der Waals surface area contributed by atoms with Gasteiger partial charge in [0.15, 0.2) is 0 Å². The molecule has 112 valence electrons. The van der Waals surface area contributed by atoms with Crippen LogP contribution in [0.15, 0.2) is 18.2 Å². The zero-order valence-corrected chi connectivity index (χ0v) is 13.6. The number of rotatable bonds is 5. The van der Waals surface area contributed by atoms with Crippen molar-refractivity contribution in [1.29, 1.82) is 0 Å². The van der Waals surface area contributed by atoms with Crippen LogP contribution in [-0.2, 0) is 0 Å². The third-order valence-corrected chi connectivity index (χ3v) is 4.50. The van der Waals surface area contributed by atoms with E-state index in [9.17, 15) is 0 Å². The van der Waals surface area contributed by atoms with Crippen LogP contribution in [0.3, 0.4) is 0 Å². The van der Waals surface area contributed by atoms with E-state index >= 15 is 0 Å². The maximum Gasteiger partial charge on any atom is 0.0292 e. The SMILES string of the molecule is Cc1cc(C)cc(C(C)NCCN2CCC(C)CC2)c1. The van der Waals surface area contributed by atoms with Crippen molar-refractivity contribution in [1.82, 2.24) is 10.2 Å². The summed E-state index contributed by atoms with van der Waals surface area (Å²) in [5.41, 5.74) is 4.13. The standard InChI is InChI=1S/C18H30N2/c1-14-5-8-20(9-6-14)10-7-19-17(4)18-12-15(2)11-16(3)13-18/h11-14,17,19H,5-10H2,1-4H3. The molecule has 1 aromatic rings. The number of benzene rings is 1. The average Bonchev–Trinajstić information content (AvgIpc) is 2.40. The second-order valence-corrected chi connectivity index (χ2v) is 6.62. The normalized spacial score (nSPS) is 19.2. The van der Waals surface area contributed by atoms with Crippen molar-refractivity contribution in [3.05, 3.63) is 34.9 Å². The summed E-state index contributed by atoms with van der Waals surface area (Å²) in [5, 5.41) is 3.67. The monoisotopic (exact) mass is 274 g/mol. The second kappa shape index (κ2) is 7.24. The minimum absolute atomic E-state index is 0.442. The molecular weight excluding hydrogens is 244 g/mol. The van der Waals surface area contributed by atoms with E-state index in [-0.39, 0.29) is 0 Å². The fourth-order valence-electron chi connectivity index (χ4n) is 3.10. The van der Waals surface area contributed by atoms with Crippen LogP contribution in [-0.4, -0.2) is 31.1 Å². The Bertz CT molecular complexity index is 399. The van der Waals surface area contributed by atoms with E-state index in [2.05, 4.69) is 56.1 Å². The summed E-state index contributed by atoms with van der Waals surface area (Å²) in [7, 11) is 0. The van der Waals surface area contributed by atoms with Crippen molar-refractivity contribution in [3.8, 4) is 0 Å². The molecule has 0 radical (unpaired) electrons. The summed E-state index contributed by atoms with van der Waals surface area (Å²) in [6.45, 7) is 13.8. The highest BCUT2D eigenvalue weighted by Gasteiger charge is 2.15. The number of nitrogens with zero attached hydrogens (tertiary/aromatic N) is 1. The molecule has 2 nitrogen and oxygen atoms in total. The predicted molar refractivity (Wildman–Crippen MR) is 87.2 cm³/mol. The van der Waals surface area contributed by atoms with E-state index < -0.39 is 0 Å². The molecule has 1 aliphatic rings. The largest absolute Gasteiger partial charge is 0.309 e. The van der Waals surface area contributed by atoms with E-state index in [4.69, 9.17) is 0 Å². The maximum absolute atomic E-state index is 3.67. The van der Waals surface area contributed by atoms with Crippen molar-refractivity contribution >= 4 is 0 Å². The van der Waals surface area contributed by atoms with Crippen LogP contribution in [0.1, 0.15) is 49.4 Å². The lowest BCUT2D eigenvalue weighted by Gasteiger charge is -2.30. The number of nitrogens with one attached hydrogen (secondary N) is 1. The second-order valence-electron chi connectivity index (χ2n) is 6.62. The molecule has 1 aromatic carbocycles. The molecule has 0 saturated carbocycles. The van der Waals surface area contributed by atoms with Crippen molar-refractivity contribution < 1.29 is 0 Å². The summed E-state index contributed by atoms with van der Waals surface area (Å²) < 4.78 is 0. The Morgan fingerprint density at radius 3 is 2.35 bits per heavy atom. The van der Waals surface area contributed by atoms with E-state index in [0.717, 1.165) is 12.5 Å². The van der Waals surface area contributed by atoms with Crippen LogP contribution < -0.4 is 5.32 Å². The molecule has 0 bridgehead atoms. The molecular formula is C18H30N2. The predicted octanol–water partition coefficient (Wildman–Crippen LogP) is 3.69. The van der Waals surface area contributed by atoms with Crippen LogP contribution in [0.2, 0.25) is 0 Å². The Labute approximate surface area is 124 Å². The van der Waals surface area contributed by atoms with E-state index in [1.807, 2.05) is 0 Å². The van der Waals surface area contributed by atoms with Crippen LogP contribution in [0.25, 0.3) is 0 Å². The molecule has 1 saturated heterocycles. The first-order valence-corrected chi connectivity index (χ1v) is 8.08. The highest BCUT2D eigenvalue weighted by Crippen LogP contribution is 2.17. The zero-order valence-electron chi connectivity index (χ0n) is 13.6. The van der Waals surface area contributed by atoms with Crippen LogP contribution in [0, 0.1) is 19.8 Å². The smallest absolute Gasteiger partial charge is 0.0292 e. The minimum Gasteiger partial charge on any atom is -0.309 e. The number of likely N-dealkylation sites (tertiary alicyclic amines) is 1. The molecule has 1 fully saturated rings. The molecule has 20 heavy (non-hydrogen) atoms. The van der Waals surface area contributed by atoms with Crippen molar-refractivity contribution in [2.24, 2.45) is 5.92 Å². The molecule has 1 aliphatic heterocycles. The number of piperidine rings is 1. The maximum atomic E-state index is 3.67.